The zero-order valence-corrected chi connectivity index (χ0v) is 15.0. The first-order valence-electron chi connectivity index (χ1n) is 8.79. The minimum absolute atomic E-state index is 0.109. The molecule has 1 unspecified atom stereocenters. The molecular formula is C21H22N2O3. The van der Waals surface area contributed by atoms with E-state index in [2.05, 4.69) is 6.07 Å². The predicted octanol–water partition coefficient (Wildman–Crippen LogP) is 4.31. The van der Waals surface area contributed by atoms with Gasteiger partial charge in [-0.15, -0.1) is 0 Å². The zero-order chi connectivity index (χ0) is 18.5. The van der Waals surface area contributed by atoms with Crippen molar-refractivity contribution in [3.05, 3.63) is 59.7 Å². The van der Waals surface area contributed by atoms with Gasteiger partial charge < -0.3 is 14.4 Å². The molecule has 0 fully saturated rings. The SMILES string of the molecule is CC(C)OCCCN1C(=O)c2ccc(Oc3ccccc3)cc2C1C#N. The molecule has 134 valence electrons. The fourth-order valence-corrected chi connectivity index (χ4v) is 3.01. The van der Waals surface area contributed by atoms with Crippen molar-refractivity contribution < 1.29 is 14.3 Å². The molecule has 0 radical (unpaired) electrons. The van der Waals surface area contributed by atoms with Gasteiger partial charge in [0.2, 0.25) is 0 Å². The highest BCUT2D eigenvalue weighted by Crippen LogP contribution is 2.36. The Morgan fingerprint density at radius 3 is 2.62 bits per heavy atom. The van der Waals surface area contributed by atoms with E-state index in [1.54, 1.807) is 23.1 Å². The number of nitrogens with zero attached hydrogens (tertiary/aromatic N) is 2. The number of nitriles is 1. The Hall–Kier alpha value is -2.84. The van der Waals surface area contributed by atoms with Crippen LogP contribution in [0.3, 0.4) is 0 Å². The number of rotatable bonds is 7. The average Bonchev–Trinajstić information content (AvgIpc) is 2.90. The summed E-state index contributed by atoms with van der Waals surface area (Å²) in [5.41, 5.74) is 1.28. The lowest BCUT2D eigenvalue weighted by Gasteiger charge is -2.20. The third kappa shape index (κ3) is 3.87. The van der Waals surface area contributed by atoms with E-state index >= 15 is 0 Å². The highest BCUT2D eigenvalue weighted by atomic mass is 16.5. The van der Waals surface area contributed by atoms with Crippen molar-refractivity contribution in [2.45, 2.75) is 32.4 Å². The summed E-state index contributed by atoms with van der Waals surface area (Å²) in [4.78, 5) is 14.3. The summed E-state index contributed by atoms with van der Waals surface area (Å²) in [6.07, 6.45) is 0.856. The van der Waals surface area contributed by atoms with Gasteiger partial charge in [0.15, 0.2) is 0 Å². The number of hydrogen-bond acceptors (Lipinski definition) is 4. The van der Waals surface area contributed by atoms with E-state index in [9.17, 15) is 10.1 Å². The maximum Gasteiger partial charge on any atom is 0.255 e. The molecule has 0 saturated carbocycles. The Morgan fingerprint density at radius 2 is 1.92 bits per heavy atom. The third-order valence-corrected chi connectivity index (χ3v) is 4.22. The van der Waals surface area contributed by atoms with E-state index in [1.807, 2.05) is 44.2 Å². The smallest absolute Gasteiger partial charge is 0.255 e. The Balaban J connectivity index is 1.75. The largest absolute Gasteiger partial charge is 0.457 e. The molecule has 0 saturated heterocycles. The van der Waals surface area contributed by atoms with Crippen LogP contribution in [-0.2, 0) is 4.74 Å². The van der Waals surface area contributed by atoms with E-state index in [1.165, 1.54) is 0 Å². The van der Waals surface area contributed by atoms with Crippen LogP contribution in [0.2, 0.25) is 0 Å². The monoisotopic (exact) mass is 350 g/mol. The molecule has 1 aliphatic heterocycles. The van der Waals surface area contributed by atoms with E-state index in [0.29, 0.717) is 42.2 Å². The fraction of sp³-hybridized carbons (Fsp3) is 0.333. The highest BCUT2D eigenvalue weighted by molar-refractivity contribution is 5.99. The Labute approximate surface area is 153 Å². The second kappa shape index (κ2) is 8.03. The summed E-state index contributed by atoms with van der Waals surface area (Å²) in [6.45, 7) is 5.01. The molecule has 5 nitrogen and oxygen atoms in total. The van der Waals surface area contributed by atoms with Crippen molar-refractivity contribution in [3.8, 4) is 17.6 Å². The van der Waals surface area contributed by atoms with E-state index < -0.39 is 6.04 Å². The summed E-state index contributed by atoms with van der Waals surface area (Å²) >= 11 is 0. The van der Waals surface area contributed by atoms with E-state index in [0.717, 1.165) is 0 Å². The van der Waals surface area contributed by atoms with Crippen LogP contribution in [0.1, 0.15) is 42.2 Å². The summed E-state index contributed by atoms with van der Waals surface area (Å²) in [6, 6.07) is 16.4. The van der Waals surface area contributed by atoms with Crippen molar-refractivity contribution in [2.75, 3.05) is 13.2 Å². The topological polar surface area (TPSA) is 62.6 Å². The number of carbonyl (C=O) groups is 1. The molecule has 0 spiro atoms. The van der Waals surface area contributed by atoms with Crippen molar-refractivity contribution in [2.24, 2.45) is 0 Å². The summed E-state index contributed by atoms with van der Waals surface area (Å²) in [5, 5.41) is 9.61. The second-order valence-corrected chi connectivity index (χ2v) is 6.47. The fourth-order valence-electron chi connectivity index (χ4n) is 3.01. The molecule has 1 heterocycles. The zero-order valence-electron chi connectivity index (χ0n) is 15.0. The average molecular weight is 350 g/mol. The molecule has 0 aliphatic carbocycles. The molecule has 0 N–H and O–H groups in total. The maximum absolute atomic E-state index is 12.7. The van der Waals surface area contributed by atoms with Crippen molar-refractivity contribution in [1.29, 1.82) is 5.26 Å². The number of hydrogen-bond donors (Lipinski definition) is 0. The quantitative estimate of drug-likeness (QED) is 0.698. The molecule has 1 amide bonds. The van der Waals surface area contributed by atoms with Crippen molar-refractivity contribution >= 4 is 5.91 Å². The Bertz CT molecular complexity index is 812. The molecule has 1 aliphatic rings. The molecule has 26 heavy (non-hydrogen) atoms. The molecule has 0 aromatic heterocycles. The van der Waals surface area contributed by atoms with Gasteiger partial charge in [-0.05, 0) is 50.6 Å². The number of benzene rings is 2. The lowest BCUT2D eigenvalue weighted by Crippen LogP contribution is -2.29. The summed E-state index contributed by atoms with van der Waals surface area (Å²) in [7, 11) is 0. The first-order valence-corrected chi connectivity index (χ1v) is 8.79. The van der Waals surface area contributed by atoms with E-state index in [4.69, 9.17) is 9.47 Å². The Morgan fingerprint density at radius 1 is 1.15 bits per heavy atom. The number of carbonyl (C=O) groups excluding carboxylic acids is 1. The minimum Gasteiger partial charge on any atom is -0.457 e. The molecule has 2 aromatic rings. The van der Waals surface area contributed by atoms with Gasteiger partial charge in [0, 0.05) is 24.3 Å². The molecular weight excluding hydrogens is 328 g/mol. The molecule has 2 aromatic carbocycles. The van der Waals surface area contributed by atoms with Gasteiger partial charge in [-0.25, -0.2) is 0 Å². The Kier molecular flexibility index (Phi) is 5.55. The number of fused-ring (bicyclic) bond motifs is 1. The summed E-state index contributed by atoms with van der Waals surface area (Å²) < 4.78 is 11.4. The minimum atomic E-state index is -0.587. The third-order valence-electron chi connectivity index (χ3n) is 4.22. The van der Waals surface area contributed by atoms with Crippen LogP contribution < -0.4 is 4.74 Å². The van der Waals surface area contributed by atoms with E-state index in [-0.39, 0.29) is 12.0 Å². The van der Waals surface area contributed by atoms with Gasteiger partial charge in [-0.2, -0.15) is 5.26 Å². The van der Waals surface area contributed by atoms with Crippen LogP contribution in [0.5, 0.6) is 11.5 Å². The van der Waals surface area contributed by atoms with Crippen LogP contribution in [0, 0.1) is 11.3 Å². The lowest BCUT2D eigenvalue weighted by molar-refractivity contribution is 0.0611. The normalized spacial score (nSPS) is 15.8. The van der Waals surface area contributed by atoms with Gasteiger partial charge >= 0.3 is 0 Å². The van der Waals surface area contributed by atoms with Crippen LogP contribution in [0.15, 0.2) is 48.5 Å². The van der Waals surface area contributed by atoms with Gasteiger partial charge in [0.1, 0.15) is 17.5 Å². The van der Waals surface area contributed by atoms with Crippen LogP contribution in [0.25, 0.3) is 0 Å². The molecule has 1 atom stereocenters. The van der Waals surface area contributed by atoms with Gasteiger partial charge in [0.25, 0.3) is 5.91 Å². The highest BCUT2D eigenvalue weighted by Gasteiger charge is 2.36. The number of para-hydroxylation sites is 1. The molecule has 0 bridgehead atoms. The second-order valence-electron chi connectivity index (χ2n) is 6.47. The van der Waals surface area contributed by atoms with Gasteiger partial charge in [-0.1, -0.05) is 18.2 Å². The number of ether oxygens (including phenoxy) is 2. The van der Waals surface area contributed by atoms with Crippen LogP contribution in [-0.4, -0.2) is 30.1 Å². The van der Waals surface area contributed by atoms with Crippen molar-refractivity contribution in [1.82, 2.24) is 4.90 Å². The summed E-state index contributed by atoms with van der Waals surface area (Å²) in [5.74, 6) is 1.23. The van der Waals surface area contributed by atoms with Crippen molar-refractivity contribution in [3.63, 3.8) is 0 Å². The van der Waals surface area contributed by atoms with Gasteiger partial charge in [0.05, 0.1) is 12.2 Å². The molecule has 5 heteroatoms. The van der Waals surface area contributed by atoms with Crippen LogP contribution >= 0.6 is 0 Å². The number of amides is 1. The van der Waals surface area contributed by atoms with Gasteiger partial charge in [-0.3, -0.25) is 4.79 Å². The molecule has 3 rings (SSSR count). The van der Waals surface area contributed by atoms with Crippen LogP contribution in [0.4, 0.5) is 0 Å². The maximum atomic E-state index is 12.7. The first kappa shape index (κ1) is 18.0. The standard InChI is InChI=1S/C21H22N2O3/c1-15(2)25-12-6-11-23-20(14-22)19-13-17(9-10-18(19)21(23)24)26-16-7-4-3-5-8-16/h3-5,7-10,13,15,20H,6,11-12H2,1-2H3. The first-order chi connectivity index (χ1) is 12.6. The lowest BCUT2D eigenvalue weighted by atomic mass is 10.1. The predicted molar refractivity (Wildman–Crippen MR) is 98.1 cm³/mol.